The van der Waals surface area contributed by atoms with E-state index in [-0.39, 0.29) is 11.8 Å². The number of benzene rings is 1. The molecule has 1 aromatic carbocycles. The normalized spacial score (nSPS) is 12.1. The Morgan fingerprint density at radius 2 is 1.88 bits per heavy atom. The first kappa shape index (κ1) is 19.1. The van der Waals surface area contributed by atoms with Crippen molar-refractivity contribution in [3.63, 3.8) is 0 Å². The average molecular weight is 360 g/mol. The van der Waals surface area contributed by atoms with Crippen LogP contribution in [0.15, 0.2) is 30.3 Å². The molecule has 0 radical (unpaired) electrons. The molecule has 134 valence electrons. The van der Waals surface area contributed by atoms with E-state index in [0.29, 0.717) is 17.0 Å². The summed E-state index contributed by atoms with van der Waals surface area (Å²) >= 11 is 1.35. The molecule has 5 nitrogen and oxygen atoms in total. The summed E-state index contributed by atoms with van der Waals surface area (Å²) < 4.78 is 4.90. The predicted molar refractivity (Wildman–Crippen MR) is 99.6 cm³/mol. The fraction of sp³-hybridized carbons (Fsp3) is 0.421. The van der Waals surface area contributed by atoms with E-state index in [2.05, 4.69) is 4.98 Å². The van der Waals surface area contributed by atoms with Crippen LogP contribution in [0.5, 0.6) is 0 Å². The van der Waals surface area contributed by atoms with Gasteiger partial charge in [0.05, 0.1) is 17.8 Å². The van der Waals surface area contributed by atoms with Crippen molar-refractivity contribution in [3.05, 3.63) is 40.2 Å². The molecule has 6 heteroatoms. The maximum absolute atomic E-state index is 13.1. The van der Waals surface area contributed by atoms with Crippen LogP contribution in [0.2, 0.25) is 0 Å². The third-order valence-electron chi connectivity index (χ3n) is 3.93. The Balaban J connectivity index is 2.38. The smallest absolute Gasteiger partial charge is 0.328 e. The number of hydrogen-bond acceptors (Lipinski definition) is 5. The van der Waals surface area contributed by atoms with Crippen molar-refractivity contribution >= 4 is 23.2 Å². The summed E-state index contributed by atoms with van der Waals surface area (Å²) in [5.74, 6) is -0.344. The Bertz CT molecular complexity index is 740. The fourth-order valence-electron chi connectivity index (χ4n) is 2.66. The van der Waals surface area contributed by atoms with Crippen LogP contribution in [0.4, 0.5) is 0 Å². The van der Waals surface area contributed by atoms with Crippen molar-refractivity contribution in [2.45, 2.75) is 33.2 Å². The van der Waals surface area contributed by atoms with E-state index in [4.69, 9.17) is 4.74 Å². The van der Waals surface area contributed by atoms with Crippen LogP contribution in [0.1, 0.15) is 34.9 Å². The maximum Gasteiger partial charge on any atom is 0.328 e. The average Bonchev–Trinajstić information content (AvgIpc) is 3.00. The zero-order valence-electron chi connectivity index (χ0n) is 15.3. The molecule has 0 N–H and O–H groups in total. The van der Waals surface area contributed by atoms with Gasteiger partial charge >= 0.3 is 5.97 Å². The Hall–Kier alpha value is -2.21. The number of esters is 1. The van der Waals surface area contributed by atoms with Crippen molar-refractivity contribution in [2.24, 2.45) is 5.92 Å². The Labute approximate surface area is 152 Å². The van der Waals surface area contributed by atoms with Gasteiger partial charge in [-0.1, -0.05) is 44.2 Å². The van der Waals surface area contributed by atoms with Gasteiger partial charge in [-0.3, -0.25) is 4.79 Å². The number of rotatable bonds is 6. The number of ether oxygens (including phenoxy) is 1. The molecule has 1 atom stereocenters. The molecule has 2 rings (SSSR count). The number of hydrogen-bond donors (Lipinski definition) is 0. The standard InChI is InChI=1S/C19H24N2O3S/c1-12(2)11-15(19(23)24-5)21(4)18(22)17-16(20-13(3)25-17)14-9-7-6-8-10-14/h6-10,12,15H,11H2,1-5H3/t15-/m0/s1. The number of likely N-dealkylation sites (N-methyl/N-ethyl adjacent to an activating group) is 1. The van der Waals surface area contributed by atoms with Crippen LogP contribution in [0.3, 0.4) is 0 Å². The minimum Gasteiger partial charge on any atom is -0.467 e. The highest BCUT2D eigenvalue weighted by Gasteiger charge is 2.31. The number of amides is 1. The number of thiazole rings is 1. The molecule has 2 aromatic rings. The van der Waals surface area contributed by atoms with Gasteiger partial charge in [-0.25, -0.2) is 9.78 Å². The molecule has 0 fully saturated rings. The van der Waals surface area contributed by atoms with Crippen LogP contribution in [-0.4, -0.2) is 42.0 Å². The summed E-state index contributed by atoms with van der Waals surface area (Å²) in [5, 5.41) is 0.814. The van der Waals surface area contributed by atoms with Crippen LogP contribution in [0.25, 0.3) is 11.3 Å². The highest BCUT2D eigenvalue weighted by atomic mass is 32.1. The highest BCUT2D eigenvalue weighted by Crippen LogP contribution is 2.29. The lowest BCUT2D eigenvalue weighted by Gasteiger charge is -2.27. The van der Waals surface area contributed by atoms with E-state index in [1.54, 1.807) is 7.05 Å². The van der Waals surface area contributed by atoms with Crippen molar-refractivity contribution in [3.8, 4) is 11.3 Å². The molecule has 0 aliphatic heterocycles. The van der Waals surface area contributed by atoms with Gasteiger partial charge in [0.2, 0.25) is 0 Å². The summed E-state index contributed by atoms with van der Waals surface area (Å²) in [6, 6.07) is 9.00. The molecule has 0 unspecified atom stereocenters. The van der Waals surface area contributed by atoms with Gasteiger partial charge in [0.15, 0.2) is 0 Å². The molecule has 0 aliphatic rings. The molecule has 25 heavy (non-hydrogen) atoms. The third-order valence-corrected chi connectivity index (χ3v) is 4.89. The molecule has 0 bridgehead atoms. The topological polar surface area (TPSA) is 59.5 Å². The van der Waals surface area contributed by atoms with Gasteiger partial charge in [-0.15, -0.1) is 11.3 Å². The van der Waals surface area contributed by atoms with Crippen molar-refractivity contribution in [2.75, 3.05) is 14.2 Å². The molecule has 1 aromatic heterocycles. The van der Waals surface area contributed by atoms with Crippen molar-refractivity contribution in [1.29, 1.82) is 0 Å². The maximum atomic E-state index is 13.1. The van der Waals surface area contributed by atoms with E-state index < -0.39 is 12.0 Å². The molecule has 0 aliphatic carbocycles. The Morgan fingerprint density at radius 1 is 1.24 bits per heavy atom. The van der Waals surface area contributed by atoms with E-state index in [1.807, 2.05) is 51.1 Å². The minimum atomic E-state index is -0.608. The first-order chi connectivity index (χ1) is 11.8. The van der Waals surface area contributed by atoms with Gasteiger partial charge < -0.3 is 9.64 Å². The van der Waals surface area contributed by atoms with Crippen LogP contribution in [0, 0.1) is 12.8 Å². The fourth-order valence-corrected chi connectivity index (χ4v) is 3.58. The second-order valence-electron chi connectivity index (χ2n) is 6.36. The number of aromatic nitrogens is 1. The predicted octanol–water partition coefficient (Wildman–Crippen LogP) is 3.78. The van der Waals surface area contributed by atoms with Gasteiger partial charge in [0.25, 0.3) is 5.91 Å². The largest absolute Gasteiger partial charge is 0.467 e. The van der Waals surface area contributed by atoms with Gasteiger partial charge in [-0.2, -0.15) is 0 Å². The van der Waals surface area contributed by atoms with E-state index >= 15 is 0 Å². The number of carbonyl (C=O) groups is 2. The third kappa shape index (κ3) is 4.45. The van der Waals surface area contributed by atoms with E-state index in [0.717, 1.165) is 10.6 Å². The SMILES string of the molecule is COC(=O)[C@H](CC(C)C)N(C)C(=O)c1sc(C)nc1-c1ccccc1. The number of nitrogens with zero attached hydrogens (tertiary/aromatic N) is 2. The molecule has 0 saturated heterocycles. The number of carbonyl (C=O) groups excluding carboxylic acids is 2. The summed E-state index contributed by atoms with van der Waals surface area (Å²) in [6.07, 6.45) is 0.549. The highest BCUT2D eigenvalue weighted by molar-refractivity contribution is 7.14. The second kappa shape index (κ2) is 8.25. The zero-order chi connectivity index (χ0) is 18.6. The van der Waals surface area contributed by atoms with Crippen molar-refractivity contribution < 1.29 is 14.3 Å². The number of methoxy groups -OCH3 is 1. The Morgan fingerprint density at radius 3 is 2.44 bits per heavy atom. The van der Waals surface area contributed by atoms with E-state index in [1.165, 1.54) is 23.3 Å². The quantitative estimate of drug-likeness (QED) is 0.736. The van der Waals surface area contributed by atoms with Gasteiger partial charge in [0, 0.05) is 12.6 Å². The molecule has 1 amide bonds. The summed E-state index contributed by atoms with van der Waals surface area (Å²) in [6.45, 7) is 5.90. The van der Waals surface area contributed by atoms with Crippen molar-refractivity contribution in [1.82, 2.24) is 9.88 Å². The summed E-state index contributed by atoms with van der Waals surface area (Å²) in [5.41, 5.74) is 1.55. The molecule has 0 saturated carbocycles. The lowest BCUT2D eigenvalue weighted by atomic mass is 10.0. The first-order valence-electron chi connectivity index (χ1n) is 8.23. The monoisotopic (exact) mass is 360 g/mol. The van der Waals surface area contributed by atoms with Crippen LogP contribution in [-0.2, 0) is 9.53 Å². The minimum absolute atomic E-state index is 0.208. The number of aryl methyl sites for hydroxylation is 1. The summed E-state index contributed by atoms with van der Waals surface area (Å²) in [4.78, 5) is 31.8. The lowest BCUT2D eigenvalue weighted by molar-refractivity contribution is -0.146. The molecule has 0 spiro atoms. The lowest BCUT2D eigenvalue weighted by Crippen LogP contribution is -2.43. The molecular weight excluding hydrogens is 336 g/mol. The zero-order valence-corrected chi connectivity index (χ0v) is 16.1. The van der Waals surface area contributed by atoms with Crippen LogP contribution >= 0.6 is 11.3 Å². The van der Waals surface area contributed by atoms with Gasteiger partial charge in [-0.05, 0) is 19.3 Å². The van der Waals surface area contributed by atoms with Crippen LogP contribution < -0.4 is 0 Å². The summed E-state index contributed by atoms with van der Waals surface area (Å²) in [7, 11) is 3.00. The molecular formula is C19H24N2O3S. The Kier molecular flexibility index (Phi) is 6.31. The second-order valence-corrected chi connectivity index (χ2v) is 7.56. The first-order valence-corrected chi connectivity index (χ1v) is 9.04. The van der Waals surface area contributed by atoms with Gasteiger partial charge in [0.1, 0.15) is 10.9 Å². The van der Waals surface area contributed by atoms with E-state index in [9.17, 15) is 9.59 Å². The molecule has 1 heterocycles.